The Hall–Kier alpha value is -1.06. The van der Waals surface area contributed by atoms with E-state index in [1.165, 1.54) is 24.0 Å². The van der Waals surface area contributed by atoms with Gasteiger partial charge in [0, 0.05) is 19.1 Å². The van der Waals surface area contributed by atoms with Crippen molar-refractivity contribution in [2.45, 2.75) is 38.3 Å². The Morgan fingerprint density at radius 2 is 2.28 bits per heavy atom. The van der Waals surface area contributed by atoms with Gasteiger partial charge < -0.3 is 9.84 Å². The van der Waals surface area contributed by atoms with Crippen molar-refractivity contribution in [3.05, 3.63) is 29.3 Å². The third-order valence-corrected chi connectivity index (χ3v) is 4.13. The average molecular weight is 247 g/mol. The van der Waals surface area contributed by atoms with Crippen LogP contribution in [0.3, 0.4) is 0 Å². The Labute approximate surface area is 108 Å². The second-order valence-corrected chi connectivity index (χ2v) is 5.47. The first-order chi connectivity index (χ1) is 8.74. The Morgan fingerprint density at radius 1 is 1.39 bits per heavy atom. The lowest BCUT2D eigenvalue weighted by molar-refractivity contribution is -0.0371. The maximum absolute atomic E-state index is 9.71. The summed E-state index contributed by atoms with van der Waals surface area (Å²) >= 11 is 0. The lowest BCUT2D eigenvalue weighted by Gasteiger charge is -2.40. The van der Waals surface area contributed by atoms with E-state index in [2.05, 4.69) is 17.9 Å². The predicted molar refractivity (Wildman–Crippen MR) is 70.8 cm³/mol. The summed E-state index contributed by atoms with van der Waals surface area (Å²) in [5, 5.41) is 9.71. The molecule has 3 nitrogen and oxygen atoms in total. The van der Waals surface area contributed by atoms with Gasteiger partial charge in [-0.3, -0.25) is 4.90 Å². The minimum atomic E-state index is 0.321. The number of aryl methyl sites for hydroxylation is 1. The number of ether oxygens (including phenoxy) is 1. The third kappa shape index (κ3) is 2.25. The number of hydrogen-bond acceptors (Lipinski definition) is 3. The molecule has 1 heterocycles. The van der Waals surface area contributed by atoms with Gasteiger partial charge in [0.2, 0.25) is 0 Å². The van der Waals surface area contributed by atoms with Crippen molar-refractivity contribution in [3.8, 4) is 5.75 Å². The van der Waals surface area contributed by atoms with E-state index in [1.807, 2.05) is 12.1 Å². The van der Waals surface area contributed by atoms with Crippen molar-refractivity contribution in [3.63, 3.8) is 0 Å². The van der Waals surface area contributed by atoms with E-state index >= 15 is 0 Å². The Morgan fingerprint density at radius 3 is 3.11 bits per heavy atom. The van der Waals surface area contributed by atoms with Crippen LogP contribution in [0.2, 0.25) is 0 Å². The summed E-state index contributed by atoms with van der Waals surface area (Å²) < 4.78 is 5.62. The molecular weight excluding hydrogens is 226 g/mol. The highest BCUT2D eigenvalue weighted by atomic mass is 16.5. The molecule has 0 saturated carbocycles. The zero-order chi connectivity index (χ0) is 12.5. The summed E-state index contributed by atoms with van der Waals surface area (Å²) in [5.74, 6) is 0.391. The second-order valence-electron chi connectivity index (χ2n) is 5.47. The summed E-state index contributed by atoms with van der Waals surface area (Å²) in [4.78, 5) is 2.52. The van der Waals surface area contributed by atoms with Crippen LogP contribution in [-0.4, -0.2) is 35.8 Å². The van der Waals surface area contributed by atoms with Crippen molar-refractivity contribution >= 4 is 0 Å². The summed E-state index contributed by atoms with van der Waals surface area (Å²) in [6.07, 6.45) is 3.91. The molecule has 1 N–H and O–H groups in total. The van der Waals surface area contributed by atoms with Crippen LogP contribution >= 0.6 is 0 Å². The van der Waals surface area contributed by atoms with Gasteiger partial charge in [-0.15, -0.1) is 0 Å². The van der Waals surface area contributed by atoms with Crippen molar-refractivity contribution in [1.29, 1.82) is 0 Å². The van der Waals surface area contributed by atoms with Crippen molar-refractivity contribution < 1.29 is 9.84 Å². The molecule has 2 atom stereocenters. The Balaban J connectivity index is 1.88. The van der Waals surface area contributed by atoms with Gasteiger partial charge in [-0.2, -0.15) is 0 Å². The van der Waals surface area contributed by atoms with Crippen LogP contribution in [0.5, 0.6) is 5.75 Å². The third-order valence-electron chi connectivity index (χ3n) is 4.13. The van der Waals surface area contributed by atoms with Gasteiger partial charge in [0.15, 0.2) is 0 Å². The monoisotopic (exact) mass is 247 g/mol. The lowest BCUT2D eigenvalue weighted by Crippen LogP contribution is -2.43. The first kappa shape index (κ1) is 12.0. The van der Waals surface area contributed by atoms with Crippen molar-refractivity contribution in [2.24, 2.45) is 0 Å². The van der Waals surface area contributed by atoms with Crippen LogP contribution in [-0.2, 0) is 11.2 Å². The molecule has 0 bridgehead atoms. The number of phenolic OH excluding ortho intramolecular Hbond substituents is 1. The fourth-order valence-electron chi connectivity index (χ4n) is 3.27. The normalized spacial score (nSPS) is 28.9. The summed E-state index contributed by atoms with van der Waals surface area (Å²) in [5.41, 5.74) is 2.73. The molecule has 1 fully saturated rings. The number of phenols is 1. The number of morpholine rings is 1. The van der Waals surface area contributed by atoms with E-state index in [4.69, 9.17) is 4.74 Å². The van der Waals surface area contributed by atoms with Gasteiger partial charge in [0.1, 0.15) is 5.75 Å². The SMILES string of the molecule is CC1CN(C2CCCc3ccc(O)cc32)CCO1. The molecule has 3 rings (SSSR count). The van der Waals surface area contributed by atoms with E-state index < -0.39 is 0 Å². The van der Waals surface area contributed by atoms with Crippen LogP contribution in [0.15, 0.2) is 18.2 Å². The molecule has 1 aromatic rings. The van der Waals surface area contributed by atoms with Crippen LogP contribution in [0, 0.1) is 0 Å². The molecule has 3 heteroatoms. The van der Waals surface area contributed by atoms with Crippen LogP contribution in [0.25, 0.3) is 0 Å². The molecule has 0 radical (unpaired) electrons. The molecular formula is C15H21NO2. The zero-order valence-corrected chi connectivity index (χ0v) is 10.9. The molecule has 98 valence electrons. The number of aromatic hydroxyl groups is 1. The Bertz CT molecular complexity index is 433. The molecule has 2 unspecified atom stereocenters. The van der Waals surface area contributed by atoms with E-state index in [0.717, 1.165) is 26.1 Å². The molecule has 1 aromatic carbocycles. The molecule has 2 aliphatic rings. The van der Waals surface area contributed by atoms with Crippen molar-refractivity contribution in [1.82, 2.24) is 4.90 Å². The van der Waals surface area contributed by atoms with E-state index in [1.54, 1.807) is 0 Å². The minimum Gasteiger partial charge on any atom is -0.508 e. The summed E-state index contributed by atoms with van der Waals surface area (Å²) in [7, 11) is 0. The summed E-state index contributed by atoms with van der Waals surface area (Å²) in [6.45, 7) is 4.97. The molecule has 1 aliphatic heterocycles. The topological polar surface area (TPSA) is 32.7 Å². The molecule has 1 aliphatic carbocycles. The van der Waals surface area contributed by atoms with Crippen LogP contribution in [0.4, 0.5) is 0 Å². The lowest BCUT2D eigenvalue weighted by atomic mass is 9.86. The average Bonchev–Trinajstić information content (AvgIpc) is 2.38. The van der Waals surface area contributed by atoms with E-state index in [9.17, 15) is 5.11 Å². The Kier molecular flexibility index (Phi) is 3.27. The van der Waals surface area contributed by atoms with Gasteiger partial charge in [0.25, 0.3) is 0 Å². The largest absolute Gasteiger partial charge is 0.508 e. The smallest absolute Gasteiger partial charge is 0.115 e. The van der Waals surface area contributed by atoms with Gasteiger partial charge in [-0.1, -0.05) is 6.07 Å². The van der Waals surface area contributed by atoms with Gasteiger partial charge in [-0.25, -0.2) is 0 Å². The molecule has 1 saturated heterocycles. The molecule has 0 aromatic heterocycles. The minimum absolute atomic E-state index is 0.321. The number of fused-ring (bicyclic) bond motifs is 1. The van der Waals surface area contributed by atoms with Crippen LogP contribution in [0.1, 0.15) is 36.9 Å². The van der Waals surface area contributed by atoms with Crippen molar-refractivity contribution in [2.75, 3.05) is 19.7 Å². The fourth-order valence-corrected chi connectivity index (χ4v) is 3.27. The number of hydrogen-bond donors (Lipinski definition) is 1. The van der Waals surface area contributed by atoms with Gasteiger partial charge in [0.05, 0.1) is 12.7 Å². The van der Waals surface area contributed by atoms with E-state index in [-0.39, 0.29) is 0 Å². The molecule has 18 heavy (non-hydrogen) atoms. The van der Waals surface area contributed by atoms with Gasteiger partial charge >= 0.3 is 0 Å². The van der Waals surface area contributed by atoms with Crippen LogP contribution < -0.4 is 0 Å². The maximum atomic E-state index is 9.71. The quantitative estimate of drug-likeness (QED) is 0.827. The first-order valence-corrected chi connectivity index (χ1v) is 6.91. The maximum Gasteiger partial charge on any atom is 0.115 e. The zero-order valence-electron chi connectivity index (χ0n) is 10.9. The highest BCUT2D eigenvalue weighted by Crippen LogP contribution is 2.36. The van der Waals surface area contributed by atoms with Gasteiger partial charge in [-0.05, 0) is 49.4 Å². The van der Waals surface area contributed by atoms with E-state index in [0.29, 0.717) is 17.9 Å². The standard InChI is InChI=1S/C15H21NO2/c1-11-10-16(7-8-18-11)15-4-2-3-12-5-6-13(17)9-14(12)15/h5-6,9,11,15,17H,2-4,7-8,10H2,1H3. The molecule has 0 amide bonds. The second kappa shape index (κ2) is 4.90. The first-order valence-electron chi connectivity index (χ1n) is 6.91. The number of rotatable bonds is 1. The fraction of sp³-hybridized carbons (Fsp3) is 0.600. The highest BCUT2D eigenvalue weighted by molar-refractivity contribution is 5.38. The molecule has 0 spiro atoms. The number of benzene rings is 1. The number of nitrogens with zero attached hydrogens (tertiary/aromatic N) is 1. The predicted octanol–water partition coefficient (Wildman–Crippen LogP) is 2.49. The highest BCUT2D eigenvalue weighted by Gasteiger charge is 2.29. The summed E-state index contributed by atoms with van der Waals surface area (Å²) in [6, 6.07) is 6.32.